The number of piperazine rings is 1. The van der Waals surface area contributed by atoms with Crippen LogP contribution in [0.25, 0.3) is 0 Å². The zero-order chi connectivity index (χ0) is 14.7. The summed E-state index contributed by atoms with van der Waals surface area (Å²) in [5.41, 5.74) is 4.47. The molecule has 2 heterocycles. The van der Waals surface area contributed by atoms with Crippen molar-refractivity contribution in [2.24, 2.45) is 5.92 Å². The number of nitrogens with zero attached hydrogens (tertiary/aromatic N) is 2. The molecule has 8 nitrogen and oxygen atoms in total. The molecule has 4 amide bonds. The van der Waals surface area contributed by atoms with Gasteiger partial charge in [0.2, 0.25) is 11.8 Å². The molecule has 0 spiro atoms. The summed E-state index contributed by atoms with van der Waals surface area (Å²) >= 11 is 0. The number of amides is 4. The van der Waals surface area contributed by atoms with E-state index in [0.717, 1.165) is 0 Å². The van der Waals surface area contributed by atoms with Crippen molar-refractivity contribution < 1.29 is 19.2 Å². The van der Waals surface area contributed by atoms with Gasteiger partial charge in [-0.25, -0.2) is 0 Å². The Morgan fingerprint density at radius 3 is 2.05 bits per heavy atom. The van der Waals surface area contributed by atoms with Crippen molar-refractivity contribution in [2.45, 2.75) is 19.8 Å². The van der Waals surface area contributed by atoms with Gasteiger partial charge >= 0.3 is 0 Å². The monoisotopic (exact) mass is 282 g/mol. The third-order valence-electron chi connectivity index (χ3n) is 3.67. The minimum atomic E-state index is -0.780. The topological polar surface area (TPSA) is 98.8 Å². The van der Waals surface area contributed by atoms with Crippen molar-refractivity contribution in [3.63, 3.8) is 0 Å². The summed E-state index contributed by atoms with van der Waals surface area (Å²) in [6.45, 7) is 3.58. The van der Waals surface area contributed by atoms with Crippen molar-refractivity contribution in [3.8, 4) is 0 Å². The lowest BCUT2D eigenvalue weighted by molar-refractivity contribution is -0.139. The van der Waals surface area contributed by atoms with Crippen LogP contribution < -0.4 is 10.9 Å². The fraction of sp³-hybridized carbons (Fsp3) is 0.667. The fourth-order valence-electron chi connectivity index (χ4n) is 2.38. The fourth-order valence-corrected chi connectivity index (χ4v) is 2.38. The standard InChI is InChI=1S/C12H18N4O4/c1-8(17)15-4-6-16(7-5-15)10(18)3-2-9-11(19)13-14-12(9)20/h9H,2-7H2,1H3,(H,13,19)(H,14,20). The van der Waals surface area contributed by atoms with Gasteiger partial charge in [0, 0.05) is 39.5 Å². The van der Waals surface area contributed by atoms with E-state index in [1.165, 1.54) is 6.92 Å². The highest BCUT2D eigenvalue weighted by Gasteiger charge is 2.33. The first-order valence-corrected chi connectivity index (χ1v) is 6.62. The number of carbonyl (C=O) groups excluding carboxylic acids is 4. The van der Waals surface area contributed by atoms with Crippen molar-refractivity contribution in [2.75, 3.05) is 26.2 Å². The van der Waals surface area contributed by atoms with E-state index in [0.29, 0.717) is 26.2 Å². The minimum Gasteiger partial charge on any atom is -0.339 e. The van der Waals surface area contributed by atoms with Gasteiger partial charge in [-0.05, 0) is 6.42 Å². The SMILES string of the molecule is CC(=O)N1CCN(C(=O)CCC2C(=O)NNC2=O)CC1. The molecule has 0 radical (unpaired) electrons. The molecule has 0 aromatic rings. The van der Waals surface area contributed by atoms with Gasteiger partial charge in [-0.15, -0.1) is 0 Å². The van der Waals surface area contributed by atoms with Gasteiger partial charge in [0.15, 0.2) is 0 Å². The van der Waals surface area contributed by atoms with Crippen molar-refractivity contribution in [3.05, 3.63) is 0 Å². The lowest BCUT2D eigenvalue weighted by atomic mass is 10.0. The number of hydrazine groups is 1. The second-order valence-electron chi connectivity index (χ2n) is 4.96. The number of hydrogen-bond donors (Lipinski definition) is 2. The molecule has 2 rings (SSSR count). The predicted molar refractivity (Wildman–Crippen MR) is 67.8 cm³/mol. The summed E-state index contributed by atoms with van der Waals surface area (Å²) < 4.78 is 0. The second kappa shape index (κ2) is 5.89. The molecule has 110 valence electrons. The Bertz CT molecular complexity index is 427. The molecule has 0 aromatic heterocycles. The van der Waals surface area contributed by atoms with Crippen LogP contribution >= 0.6 is 0 Å². The average molecular weight is 282 g/mol. The van der Waals surface area contributed by atoms with E-state index in [1.54, 1.807) is 9.80 Å². The lowest BCUT2D eigenvalue weighted by Gasteiger charge is -2.34. The second-order valence-corrected chi connectivity index (χ2v) is 4.96. The van der Waals surface area contributed by atoms with Gasteiger partial charge in [-0.3, -0.25) is 30.0 Å². The van der Waals surface area contributed by atoms with Crippen molar-refractivity contribution in [1.82, 2.24) is 20.7 Å². The van der Waals surface area contributed by atoms with Gasteiger partial charge in [-0.1, -0.05) is 0 Å². The van der Waals surface area contributed by atoms with Gasteiger partial charge in [-0.2, -0.15) is 0 Å². The van der Waals surface area contributed by atoms with Crippen LogP contribution in [0.5, 0.6) is 0 Å². The van der Waals surface area contributed by atoms with E-state index in [4.69, 9.17) is 0 Å². The molecule has 2 aliphatic rings. The first-order valence-electron chi connectivity index (χ1n) is 6.62. The van der Waals surface area contributed by atoms with Crippen LogP contribution in [0.2, 0.25) is 0 Å². The molecule has 0 aromatic carbocycles. The Morgan fingerprint density at radius 2 is 1.55 bits per heavy atom. The Morgan fingerprint density at radius 1 is 1.05 bits per heavy atom. The third kappa shape index (κ3) is 3.06. The maximum Gasteiger partial charge on any atom is 0.251 e. The number of hydrogen-bond acceptors (Lipinski definition) is 4. The molecular weight excluding hydrogens is 264 g/mol. The molecule has 0 bridgehead atoms. The van der Waals surface area contributed by atoms with E-state index in [-0.39, 0.29) is 36.5 Å². The summed E-state index contributed by atoms with van der Waals surface area (Å²) in [5, 5.41) is 0. The van der Waals surface area contributed by atoms with Gasteiger partial charge in [0.1, 0.15) is 5.92 Å². The Hall–Kier alpha value is -2.12. The molecule has 2 aliphatic heterocycles. The molecular formula is C12H18N4O4. The van der Waals surface area contributed by atoms with Crippen LogP contribution in [-0.4, -0.2) is 59.6 Å². The lowest BCUT2D eigenvalue weighted by Crippen LogP contribution is -2.50. The maximum atomic E-state index is 12.0. The highest BCUT2D eigenvalue weighted by Crippen LogP contribution is 2.13. The quantitative estimate of drug-likeness (QED) is 0.599. The van der Waals surface area contributed by atoms with Crippen LogP contribution in [0, 0.1) is 5.92 Å². The van der Waals surface area contributed by atoms with Gasteiger partial charge < -0.3 is 9.80 Å². The smallest absolute Gasteiger partial charge is 0.251 e. The molecule has 2 saturated heterocycles. The minimum absolute atomic E-state index is 0.0106. The molecule has 20 heavy (non-hydrogen) atoms. The van der Waals surface area contributed by atoms with Gasteiger partial charge in [0.25, 0.3) is 11.8 Å². The molecule has 0 unspecified atom stereocenters. The van der Waals surface area contributed by atoms with E-state index < -0.39 is 5.92 Å². The van der Waals surface area contributed by atoms with Crippen LogP contribution in [0.3, 0.4) is 0 Å². The molecule has 2 N–H and O–H groups in total. The zero-order valence-corrected chi connectivity index (χ0v) is 11.3. The summed E-state index contributed by atoms with van der Waals surface area (Å²) in [6.07, 6.45) is 0.370. The van der Waals surface area contributed by atoms with E-state index >= 15 is 0 Å². The first kappa shape index (κ1) is 14.3. The highest BCUT2D eigenvalue weighted by molar-refractivity contribution is 6.05. The summed E-state index contributed by atoms with van der Waals surface area (Å²) in [5.74, 6) is -1.62. The number of carbonyl (C=O) groups is 4. The number of nitrogens with one attached hydrogen (secondary N) is 2. The first-order chi connectivity index (χ1) is 9.49. The Balaban J connectivity index is 1.77. The van der Waals surface area contributed by atoms with Gasteiger partial charge in [0.05, 0.1) is 0 Å². The Kier molecular flexibility index (Phi) is 4.21. The molecule has 0 saturated carbocycles. The van der Waals surface area contributed by atoms with Crippen LogP contribution in [-0.2, 0) is 19.2 Å². The largest absolute Gasteiger partial charge is 0.339 e. The average Bonchev–Trinajstić information content (AvgIpc) is 2.75. The summed E-state index contributed by atoms with van der Waals surface area (Å²) in [4.78, 5) is 49.2. The van der Waals surface area contributed by atoms with Crippen LogP contribution in [0.4, 0.5) is 0 Å². The van der Waals surface area contributed by atoms with Crippen LogP contribution in [0.15, 0.2) is 0 Å². The van der Waals surface area contributed by atoms with E-state index in [9.17, 15) is 19.2 Å². The Labute approximate surface area is 116 Å². The molecule has 2 fully saturated rings. The highest BCUT2D eigenvalue weighted by atomic mass is 16.2. The normalized spacial score (nSPS) is 19.9. The molecule has 0 atom stereocenters. The molecule has 0 aliphatic carbocycles. The maximum absolute atomic E-state index is 12.0. The number of rotatable bonds is 3. The zero-order valence-electron chi connectivity index (χ0n) is 11.3. The van der Waals surface area contributed by atoms with Crippen molar-refractivity contribution >= 4 is 23.6 Å². The third-order valence-corrected chi connectivity index (χ3v) is 3.67. The summed E-state index contributed by atoms with van der Waals surface area (Å²) in [7, 11) is 0. The summed E-state index contributed by atoms with van der Waals surface area (Å²) in [6, 6.07) is 0. The van der Waals surface area contributed by atoms with Crippen molar-refractivity contribution in [1.29, 1.82) is 0 Å². The van der Waals surface area contributed by atoms with Crippen LogP contribution in [0.1, 0.15) is 19.8 Å². The van der Waals surface area contributed by atoms with E-state index in [2.05, 4.69) is 10.9 Å². The van der Waals surface area contributed by atoms with E-state index in [1.807, 2.05) is 0 Å². The predicted octanol–water partition coefficient (Wildman–Crippen LogP) is -1.77. The molecule has 8 heteroatoms.